The SMILES string of the molecule is N#CC1(Cl)C[C@H]2C=C[C@@H]1C2COCc1ccccc1. The van der Waals surface area contributed by atoms with Crippen molar-refractivity contribution >= 4 is 11.6 Å². The Bertz CT molecular complexity index is 521. The van der Waals surface area contributed by atoms with Crippen molar-refractivity contribution in [2.24, 2.45) is 17.8 Å². The van der Waals surface area contributed by atoms with Gasteiger partial charge in [-0.15, -0.1) is 11.6 Å². The minimum absolute atomic E-state index is 0.139. The number of nitrogens with zero attached hydrogens (tertiary/aromatic N) is 1. The molecule has 0 heterocycles. The predicted molar refractivity (Wildman–Crippen MR) is 74.5 cm³/mol. The summed E-state index contributed by atoms with van der Waals surface area (Å²) in [6.45, 7) is 1.30. The molecule has 3 rings (SSSR count). The predicted octanol–water partition coefficient (Wildman–Crippen LogP) is 3.53. The topological polar surface area (TPSA) is 33.0 Å². The summed E-state index contributed by atoms with van der Waals surface area (Å²) in [5, 5.41) is 9.21. The van der Waals surface area contributed by atoms with Gasteiger partial charge in [0.2, 0.25) is 0 Å². The molecule has 1 aromatic carbocycles. The van der Waals surface area contributed by atoms with Crippen molar-refractivity contribution in [3.63, 3.8) is 0 Å². The van der Waals surface area contributed by atoms with E-state index in [-0.39, 0.29) is 5.92 Å². The fourth-order valence-corrected chi connectivity index (χ4v) is 3.65. The van der Waals surface area contributed by atoms with Gasteiger partial charge in [0, 0.05) is 5.92 Å². The molecule has 98 valence electrons. The maximum absolute atomic E-state index is 9.21. The van der Waals surface area contributed by atoms with Crippen LogP contribution in [0.5, 0.6) is 0 Å². The van der Waals surface area contributed by atoms with Crippen LogP contribution >= 0.6 is 11.6 Å². The van der Waals surface area contributed by atoms with Gasteiger partial charge in [-0.1, -0.05) is 42.5 Å². The molecule has 0 N–H and O–H groups in total. The molecule has 0 saturated heterocycles. The molecule has 0 aliphatic heterocycles. The zero-order valence-corrected chi connectivity index (χ0v) is 11.4. The fraction of sp³-hybridized carbons (Fsp3) is 0.438. The summed E-state index contributed by atoms with van der Waals surface area (Å²) in [6.07, 6.45) is 5.05. The Balaban J connectivity index is 1.57. The number of halogens is 1. The number of nitriles is 1. The van der Waals surface area contributed by atoms with E-state index in [1.165, 1.54) is 5.56 Å². The average molecular weight is 274 g/mol. The molecule has 0 aromatic heterocycles. The monoisotopic (exact) mass is 273 g/mol. The van der Waals surface area contributed by atoms with E-state index < -0.39 is 4.87 Å². The van der Waals surface area contributed by atoms with E-state index in [9.17, 15) is 5.26 Å². The molecule has 1 aromatic rings. The third-order valence-electron chi connectivity index (χ3n) is 4.25. The van der Waals surface area contributed by atoms with Gasteiger partial charge in [0.25, 0.3) is 0 Å². The molecule has 19 heavy (non-hydrogen) atoms. The highest BCUT2D eigenvalue weighted by molar-refractivity contribution is 6.26. The maximum Gasteiger partial charge on any atom is 0.138 e. The molecule has 1 saturated carbocycles. The second kappa shape index (κ2) is 5.00. The largest absolute Gasteiger partial charge is 0.376 e. The van der Waals surface area contributed by atoms with E-state index in [0.29, 0.717) is 25.0 Å². The molecule has 2 unspecified atom stereocenters. The number of benzene rings is 1. The minimum Gasteiger partial charge on any atom is -0.376 e. The lowest BCUT2D eigenvalue weighted by Crippen LogP contribution is -2.27. The lowest BCUT2D eigenvalue weighted by molar-refractivity contribution is 0.0744. The number of alkyl halides is 1. The highest BCUT2D eigenvalue weighted by atomic mass is 35.5. The molecule has 4 atom stereocenters. The summed E-state index contributed by atoms with van der Waals surface area (Å²) >= 11 is 6.37. The zero-order chi connectivity index (χ0) is 13.3. The molecule has 0 radical (unpaired) electrons. The first-order chi connectivity index (χ1) is 9.23. The van der Waals surface area contributed by atoms with E-state index in [2.05, 4.69) is 30.4 Å². The van der Waals surface area contributed by atoms with Gasteiger partial charge in [-0.2, -0.15) is 5.26 Å². The molecule has 2 nitrogen and oxygen atoms in total. The minimum atomic E-state index is -0.708. The fourth-order valence-electron chi connectivity index (χ4n) is 3.24. The Labute approximate surface area is 118 Å². The summed E-state index contributed by atoms with van der Waals surface area (Å²) in [5.74, 6) is 0.902. The quantitative estimate of drug-likeness (QED) is 0.621. The molecule has 0 amide bonds. The Morgan fingerprint density at radius 2 is 2.11 bits per heavy atom. The maximum atomic E-state index is 9.21. The van der Waals surface area contributed by atoms with Crippen LogP contribution in [0, 0.1) is 29.1 Å². The molecule has 1 fully saturated rings. The van der Waals surface area contributed by atoms with Crippen molar-refractivity contribution < 1.29 is 4.74 Å². The Hall–Kier alpha value is -1.30. The van der Waals surface area contributed by atoms with Crippen LogP contribution in [0.25, 0.3) is 0 Å². The first-order valence-corrected chi connectivity index (χ1v) is 7.01. The second-order valence-corrected chi connectivity index (χ2v) is 6.09. The Kier molecular flexibility index (Phi) is 3.35. The number of hydrogen-bond donors (Lipinski definition) is 0. The van der Waals surface area contributed by atoms with Crippen molar-refractivity contribution in [1.82, 2.24) is 0 Å². The third kappa shape index (κ3) is 2.29. The number of allylic oxidation sites excluding steroid dienone is 2. The summed E-state index contributed by atoms with van der Waals surface area (Å²) < 4.78 is 5.81. The van der Waals surface area contributed by atoms with E-state index in [4.69, 9.17) is 16.3 Å². The van der Waals surface area contributed by atoms with Crippen LogP contribution in [0.15, 0.2) is 42.5 Å². The lowest BCUT2D eigenvalue weighted by Gasteiger charge is -2.21. The highest BCUT2D eigenvalue weighted by Gasteiger charge is 2.54. The van der Waals surface area contributed by atoms with Crippen LogP contribution in [-0.4, -0.2) is 11.5 Å². The van der Waals surface area contributed by atoms with Gasteiger partial charge in [-0.05, 0) is 23.8 Å². The number of hydrogen-bond acceptors (Lipinski definition) is 2. The van der Waals surface area contributed by atoms with Crippen LogP contribution in [-0.2, 0) is 11.3 Å². The van der Waals surface area contributed by atoms with Crippen molar-refractivity contribution in [2.45, 2.75) is 17.9 Å². The highest BCUT2D eigenvalue weighted by Crippen LogP contribution is 2.53. The van der Waals surface area contributed by atoms with Gasteiger partial charge in [0.15, 0.2) is 0 Å². The Morgan fingerprint density at radius 1 is 1.32 bits per heavy atom. The summed E-state index contributed by atoms with van der Waals surface area (Å²) in [7, 11) is 0. The molecule has 3 heteroatoms. The van der Waals surface area contributed by atoms with Gasteiger partial charge in [-0.25, -0.2) is 0 Å². The zero-order valence-electron chi connectivity index (χ0n) is 10.6. The van der Waals surface area contributed by atoms with E-state index >= 15 is 0 Å². The van der Waals surface area contributed by atoms with Crippen molar-refractivity contribution in [3.05, 3.63) is 48.0 Å². The average Bonchev–Trinajstić information content (AvgIpc) is 2.95. The van der Waals surface area contributed by atoms with Gasteiger partial charge in [0.05, 0.1) is 19.3 Å². The smallest absolute Gasteiger partial charge is 0.138 e. The van der Waals surface area contributed by atoms with E-state index in [0.717, 1.165) is 6.42 Å². The van der Waals surface area contributed by atoms with Crippen molar-refractivity contribution in [3.8, 4) is 6.07 Å². The van der Waals surface area contributed by atoms with Crippen LogP contribution in [0.4, 0.5) is 0 Å². The van der Waals surface area contributed by atoms with E-state index in [1.54, 1.807) is 0 Å². The van der Waals surface area contributed by atoms with Crippen molar-refractivity contribution in [1.29, 1.82) is 5.26 Å². The van der Waals surface area contributed by atoms with Gasteiger partial charge < -0.3 is 4.74 Å². The van der Waals surface area contributed by atoms with Crippen LogP contribution in [0.3, 0.4) is 0 Å². The van der Waals surface area contributed by atoms with Crippen LogP contribution in [0.1, 0.15) is 12.0 Å². The first kappa shape index (κ1) is 12.7. The molecule has 0 spiro atoms. The summed E-state index contributed by atoms with van der Waals surface area (Å²) in [4.78, 5) is -0.708. The summed E-state index contributed by atoms with van der Waals surface area (Å²) in [6, 6.07) is 12.4. The molecule has 2 bridgehead atoms. The molecular weight excluding hydrogens is 258 g/mol. The van der Waals surface area contributed by atoms with Crippen LogP contribution in [0.2, 0.25) is 0 Å². The number of rotatable bonds is 4. The third-order valence-corrected chi connectivity index (χ3v) is 4.74. The standard InChI is InChI=1S/C16H16ClNO/c17-16(11-18)8-13-6-7-15(16)14(13)10-19-9-12-4-2-1-3-5-12/h1-7,13-15H,8-10H2/t13-,14?,15-,16?/m1/s1. The van der Waals surface area contributed by atoms with Gasteiger partial charge in [0.1, 0.15) is 4.87 Å². The van der Waals surface area contributed by atoms with Crippen LogP contribution < -0.4 is 0 Å². The normalized spacial score (nSPS) is 35.5. The molecular formula is C16H16ClNO. The second-order valence-electron chi connectivity index (χ2n) is 5.42. The number of ether oxygens (including phenoxy) is 1. The molecule has 2 aliphatic carbocycles. The first-order valence-electron chi connectivity index (χ1n) is 6.63. The Morgan fingerprint density at radius 3 is 2.79 bits per heavy atom. The molecule has 2 aliphatic rings. The lowest BCUT2D eigenvalue weighted by atomic mass is 9.92. The van der Waals surface area contributed by atoms with E-state index in [1.807, 2.05) is 18.2 Å². The van der Waals surface area contributed by atoms with Crippen molar-refractivity contribution in [2.75, 3.05) is 6.61 Å². The van der Waals surface area contributed by atoms with Gasteiger partial charge >= 0.3 is 0 Å². The number of fused-ring (bicyclic) bond motifs is 2. The van der Waals surface area contributed by atoms with Gasteiger partial charge in [-0.3, -0.25) is 0 Å². The summed E-state index contributed by atoms with van der Waals surface area (Å²) in [5.41, 5.74) is 1.18.